The molecule has 0 atom stereocenters. The Balaban J connectivity index is 2.06. The van der Waals surface area contributed by atoms with E-state index in [9.17, 15) is 32.5 Å². The van der Waals surface area contributed by atoms with E-state index >= 15 is 0 Å². The van der Waals surface area contributed by atoms with Gasteiger partial charge in [0.2, 0.25) is 5.82 Å². The molecule has 9 nitrogen and oxygen atoms in total. The van der Waals surface area contributed by atoms with Crippen molar-refractivity contribution in [2.24, 2.45) is 0 Å². The molecule has 0 unspecified atom stereocenters. The predicted octanol–water partition coefficient (Wildman–Crippen LogP) is 2.59. The molecule has 12 heteroatoms. The van der Waals surface area contributed by atoms with Crippen molar-refractivity contribution in [1.29, 1.82) is 0 Å². The first-order chi connectivity index (χ1) is 13.0. The second-order valence-corrected chi connectivity index (χ2v) is 7.88. The smallest absolute Gasteiger partial charge is 0.340 e. The average molecular weight is 431 g/mol. The monoisotopic (exact) mass is 430 g/mol. The van der Waals surface area contributed by atoms with Gasteiger partial charge >= 0.3 is 11.7 Å². The van der Waals surface area contributed by atoms with E-state index in [4.69, 9.17) is 16.3 Å². The number of amides is 1. The minimum Gasteiger partial charge on any atom is -0.452 e. The highest BCUT2D eigenvalue weighted by Crippen LogP contribution is 2.23. The number of benzene rings is 2. The van der Waals surface area contributed by atoms with Gasteiger partial charge < -0.3 is 10.1 Å². The van der Waals surface area contributed by atoms with Gasteiger partial charge in [-0.05, 0) is 30.3 Å². The Morgan fingerprint density at radius 1 is 1.25 bits per heavy atom. The maximum Gasteiger partial charge on any atom is 0.340 e. The molecule has 0 saturated heterocycles. The number of halogens is 2. The molecule has 2 aromatic rings. The zero-order chi connectivity index (χ0) is 21.1. The maximum atomic E-state index is 13.3. The summed E-state index contributed by atoms with van der Waals surface area (Å²) >= 11 is 5.85. The number of nitrogens with one attached hydrogen (secondary N) is 1. The fourth-order valence-electron chi connectivity index (χ4n) is 2.03. The van der Waals surface area contributed by atoms with Gasteiger partial charge in [-0.3, -0.25) is 14.9 Å². The summed E-state index contributed by atoms with van der Waals surface area (Å²) in [6.45, 7) is -0.788. The Bertz CT molecular complexity index is 1070. The Kier molecular flexibility index (Phi) is 6.31. The number of nitrogens with zero attached hydrogens (tertiary/aromatic N) is 1. The summed E-state index contributed by atoms with van der Waals surface area (Å²) in [5.74, 6) is -2.98. The lowest BCUT2D eigenvalue weighted by molar-refractivity contribution is -0.387. The minimum absolute atomic E-state index is 0.0769. The number of rotatable bonds is 6. The van der Waals surface area contributed by atoms with Gasteiger partial charge in [-0.2, -0.15) is 4.39 Å². The first-order valence-corrected chi connectivity index (χ1v) is 9.66. The molecule has 0 aliphatic heterocycles. The van der Waals surface area contributed by atoms with E-state index in [1.165, 1.54) is 12.1 Å². The Labute approximate surface area is 163 Å². The molecule has 2 aromatic carbocycles. The molecular weight excluding hydrogens is 419 g/mol. The van der Waals surface area contributed by atoms with Crippen molar-refractivity contribution in [1.82, 2.24) is 0 Å². The number of carbonyl (C=O) groups is 2. The Morgan fingerprint density at radius 3 is 2.54 bits per heavy atom. The van der Waals surface area contributed by atoms with Crippen LogP contribution in [0.4, 0.5) is 15.8 Å². The highest BCUT2D eigenvalue weighted by atomic mass is 35.5. The summed E-state index contributed by atoms with van der Waals surface area (Å²) in [6, 6.07) is 6.13. The molecule has 2 rings (SSSR count). The molecule has 148 valence electrons. The van der Waals surface area contributed by atoms with Crippen molar-refractivity contribution >= 4 is 44.7 Å². The van der Waals surface area contributed by atoms with E-state index in [0.29, 0.717) is 0 Å². The number of carbonyl (C=O) groups excluding carboxylic acids is 2. The molecule has 0 aromatic heterocycles. The Hall–Kier alpha value is -3.05. The van der Waals surface area contributed by atoms with Crippen molar-refractivity contribution in [2.45, 2.75) is 4.90 Å². The second-order valence-electron chi connectivity index (χ2n) is 5.46. The van der Waals surface area contributed by atoms with Crippen LogP contribution in [-0.2, 0) is 19.4 Å². The van der Waals surface area contributed by atoms with Crippen LogP contribution in [0.5, 0.6) is 0 Å². The molecule has 28 heavy (non-hydrogen) atoms. The van der Waals surface area contributed by atoms with Crippen LogP contribution < -0.4 is 5.32 Å². The number of nitro benzene ring substituents is 1. The fourth-order valence-corrected chi connectivity index (χ4v) is 2.87. The van der Waals surface area contributed by atoms with Gasteiger partial charge in [-0.15, -0.1) is 0 Å². The minimum atomic E-state index is -3.59. The first kappa shape index (κ1) is 21.3. The van der Waals surface area contributed by atoms with E-state index < -0.39 is 44.7 Å². The standard InChI is InChI=1S/C16H12ClFN2O7S/c1-28(25,26)10-3-4-12(17)11(7-10)16(22)27-8-15(21)19-9-2-5-13(18)14(6-9)20(23)24/h2-7H,8H2,1H3,(H,19,21). The van der Waals surface area contributed by atoms with Gasteiger partial charge in [0.15, 0.2) is 16.4 Å². The van der Waals surface area contributed by atoms with E-state index in [1.807, 2.05) is 0 Å². The summed E-state index contributed by atoms with van der Waals surface area (Å²) in [5.41, 5.74) is -1.17. The quantitative estimate of drug-likeness (QED) is 0.423. The molecule has 0 saturated carbocycles. The van der Waals surface area contributed by atoms with Gasteiger partial charge in [0.25, 0.3) is 5.91 Å². The topological polar surface area (TPSA) is 133 Å². The highest BCUT2D eigenvalue weighted by molar-refractivity contribution is 7.90. The van der Waals surface area contributed by atoms with E-state index in [-0.39, 0.29) is 21.2 Å². The lowest BCUT2D eigenvalue weighted by atomic mass is 10.2. The zero-order valence-electron chi connectivity index (χ0n) is 14.1. The van der Waals surface area contributed by atoms with Crippen molar-refractivity contribution in [3.8, 4) is 0 Å². The normalized spacial score (nSPS) is 11.0. The number of esters is 1. The van der Waals surface area contributed by atoms with Crippen molar-refractivity contribution in [3.05, 3.63) is 62.9 Å². The molecule has 0 heterocycles. The molecule has 0 aliphatic carbocycles. The molecule has 0 radical (unpaired) electrons. The lowest BCUT2D eigenvalue weighted by Gasteiger charge is -2.09. The van der Waals surface area contributed by atoms with Crippen LogP contribution in [0.1, 0.15) is 10.4 Å². The number of ether oxygens (including phenoxy) is 1. The van der Waals surface area contributed by atoms with Crippen LogP contribution in [0.25, 0.3) is 0 Å². The summed E-state index contributed by atoms with van der Waals surface area (Å²) in [7, 11) is -3.59. The summed E-state index contributed by atoms with van der Waals surface area (Å²) < 4.78 is 41.2. The van der Waals surface area contributed by atoms with Crippen molar-refractivity contribution < 1.29 is 32.1 Å². The van der Waals surface area contributed by atoms with Crippen LogP contribution in [0.2, 0.25) is 5.02 Å². The number of hydrogen-bond acceptors (Lipinski definition) is 7. The molecule has 0 bridgehead atoms. The molecule has 1 amide bonds. The van der Waals surface area contributed by atoms with Gasteiger partial charge in [0, 0.05) is 18.0 Å². The van der Waals surface area contributed by atoms with Gasteiger partial charge in [0.1, 0.15) is 0 Å². The SMILES string of the molecule is CS(=O)(=O)c1ccc(Cl)c(C(=O)OCC(=O)Nc2ccc(F)c([N+](=O)[O-])c2)c1. The predicted molar refractivity (Wildman–Crippen MR) is 96.5 cm³/mol. The van der Waals surface area contributed by atoms with Gasteiger partial charge in [-0.25, -0.2) is 13.2 Å². The van der Waals surface area contributed by atoms with Crippen LogP contribution in [0.15, 0.2) is 41.3 Å². The van der Waals surface area contributed by atoms with E-state index in [1.54, 1.807) is 0 Å². The van der Waals surface area contributed by atoms with Crippen molar-refractivity contribution in [3.63, 3.8) is 0 Å². The zero-order valence-corrected chi connectivity index (χ0v) is 15.7. The number of sulfone groups is 1. The molecule has 0 aliphatic rings. The van der Waals surface area contributed by atoms with Crippen LogP contribution in [0, 0.1) is 15.9 Å². The molecule has 0 fully saturated rings. The van der Waals surface area contributed by atoms with Crippen LogP contribution >= 0.6 is 11.6 Å². The Morgan fingerprint density at radius 2 is 1.93 bits per heavy atom. The number of anilines is 1. The van der Waals surface area contributed by atoms with Crippen LogP contribution in [0.3, 0.4) is 0 Å². The third-order valence-corrected chi connectivity index (χ3v) is 4.79. The molecule has 1 N–H and O–H groups in total. The molecular formula is C16H12ClFN2O7S. The summed E-state index contributed by atoms with van der Waals surface area (Å²) in [4.78, 5) is 33.5. The van der Waals surface area contributed by atoms with Gasteiger partial charge in [0.05, 0.1) is 20.4 Å². The van der Waals surface area contributed by atoms with E-state index in [0.717, 1.165) is 30.5 Å². The number of hydrogen-bond donors (Lipinski definition) is 1. The number of nitro groups is 1. The maximum absolute atomic E-state index is 13.3. The van der Waals surface area contributed by atoms with E-state index in [2.05, 4.69) is 5.32 Å². The fraction of sp³-hybridized carbons (Fsp3) is 0.125. The first-order valence-electron chi connectivity index (χ1n) is 7.39. The van der Waals surface area contributed by atoms with Crippen molar-refractivity contribution in [2.75, 3.05) is 18.2 Å². The average Bonchev–Trinajstić information content (AvgIpc) is 2.60. The third-order valence-electron chi connectivity index (χ3n) is 3.35. The summed E-state index contributed by atoms with van der Waals surface area (Å²) in [6.07, 6.45) is 0.945. The summed E-state index contributed by atoms with van der Waals surface area (Å²) in [5, 5.41) is 12.8. The lowest BCUT2D eigenvalue weighted by Crippen LogP contribution is -2.21. The largest absolute Gasteiger partial charge is 0.452 e. The molecule has 0 spiro atoms. The highest BCUT2D eigenvalue weighted by Gasteiger charge is 2.19. The second kappa shape index (κ2) is 8.31. The van der Waals surface area contributed by atoms with Gasteiger partial charge in [-0.1, -0.05) is 11.6 Å². The van der Waals surface area contributed by atoms with Crippen LogP contribution in [-0.4, -0.2) is 38.1 Å². The third kappa shape index (κ3) is 5.24.